The number of ether oxygens (including phenoxy) is 1. The van der Waals surface area contributed by atoms with Gasteiger partial charge in [0.2, 0.25) is 5.91 Å². The van der Waals surface area contributed by atoms with E-state index in [2.05, 4.69) is 39.0 Å². The van der Waals surface area contributed by atoms with Gasteiger partial charge >= 0.3 is 0 Å². The Labute approximate surface area is 200 Å². The van der Waals surface area contributed by atoms with Gasteiger partial charge in [0.25, 0.3) is 5.56 Å². The maximum Gasteiger partial charge on any atom is 0.259 e. The van der Waals surface area contributed by atoms with Gasteiger partial charge in [0.15, 0.2) is 5.13 Å². The van der Waals surface area contributed by atoms with E-state index in [1.807, 2.05) is 5.38 Å². The van der Waals surface area contributed by atoms with Crippen LogP contribution in [0.15, 0.2) is 10.2 Å². The zero-order valence-corrected chi connectivity index (χ0v) is 20.6. The summed E-state index contributed by atoms with van der Waals surface area (Å²) in [5.41, 5.74) is 2.06. The number of thiazole rings is 1. The summed E-state index contributed by atoms with van der Waals surface area (Å²) < 4.78 is 5.78. The number of morpholine rings is 1. The van der Waals surface area contributed by atoms with Gasteiger partial charge in [-0.2, -0.15) is 0 Å². The average molecular weight is 488 g/mol. The lowest BCUT2D eigenvalue weighted by molar-refractivity contribution is -0.116. The molecule has 1 amide bonds. The third-order valence-corrected chi connectivity index (χ3v) is 8.13. The zero-order valence-electron chi connectivity index (χ0n) is 19.0. The molecule has 0 bridgehead atoms. The summed E-state index contributed by atoms with van der Waals surface area (Å²) in [6.45, 7) is 6.68. The number of aryl methyl sites for hydroxylation is 3. The Morgan fingerprint density at radius 2 is 2.03 bits per heavy atom. The summed E-state index contributed by atoms with van der Waals surface area (Å²) in [5.74, 6) is 0.439. The van der Waals surface area contributed by atoms with Crippen molar-refractivity contribution < 1.29 is 9.53 Å². The van der Waals surface area contributed by atoms with Gasteiger partial charge in [0, 0.05) is 42.7 Å². The van der Waals surface area contributed by atoms with E-state index in [0.717, 1.165) is 54.8 Å². The molecule has 1 fully saturated rings. The molecule has 0 spiro atoms. The molecule has 5 rings (SSSR count). The number of aromatic nitrogens is 3. The van der Waals surface area contributed by atoms with Crippen molar-refractivity contribution in [2.24, 2.45) is 0 Å². The number of amides is 1. The Balaban J connectivity index is 1.17. The lowest BCUT2D eigenvalue weighted by atomic mass is 9.97. The van der Waals surface area contributed by atoms with Crippen LogP contribution in [-0.4, -0.2) is 51.1 Å². The molecule has 2 atom stereocenters. The van der Waals surface area contributed by atoms with Crippen LogP contribution in [0.1, 0.15) is 55.1 Å². The number of H-pyrrole nitrogens is 1. The summed E-state index contributed by atoms with van der Waals surface area (Å²) in [7, 11) is 0. The van der Waals surface area contributed by atoms with Crippen molar-refractivity contribution >= 4 is 43.9 Å². The van der Waals surface area contributed by atoms with Crippen LogP contribution in [0.2, 0.25) is 0 Å². The molecule has 8 nitrogen and oxygen atoms in total. The molecule has 1 aliphatic carbocycles. The molecule has 0 saturated carbocycles. The van der Waals surface area contributed by atoms with E-state index < -0.39 is 0 Å². The lowest BCUT2D eigenvalue weighted by Crippen LogP contribution is -2.44. The average Bonchev–Trinajstić information content (AvgIpc) is 3.35. The predicted molar refractivity (Wildman–Crippen MR) is 131 cm³/mol. The maximum atomic E-state index is 12.7. The van der Waals surface area contributed by atoms with Gasteiger partial charge in [-0.3, -0.25) is 14.5 Å². The molecule has 1 aliphatic heterocycles. The summed E-state index contributed by atoms with van der Waals surface area (Å²) in [5, 5.41) is 6.23. The van der Waals surface area contributed by atoms with E-state index in [4.69, 9.17) is 4.74 Å². The first kappa shape index (κ1) is 22.6. The summed E-state index contributed by atoms with van der Waals surface area (Å²) in [4.78, 5) is 41.7. The van der Waals surface area contributed by atoms with Crippen LogP contribution in [0.3, 0.4) is 0 Å². The third-order valence-electron chi connectivity index (χ3n) is 6.14. The summed E-state index contributed by atoms with van der Waals surface area (Å²) in [6, 6.07) is 0. The highest BCUT2D eigenvalue weighted by atomic mass is 32.1. The first-order valence-corrected chi connectivity index (χ1v) is 13.3. The van der Waals surface area contributed by atoms with Gasteiger partial charge in [-0.25, -0.2) is 9.97 Å². The molecule has 10 heteroatoms. The summed E-state index contributed by atoms with van der Waals surface area (Å²) in [6.07, 6.45) is 5.36. The fraction of sp³-hybridized carbons (Fsp3) is 0.565. The largest absolute Gasteiger partial charge is 0.373 e. The number of nitrogens with one attached hydrogen (secondary N) is 2. The zero-order chi connectivity index (χ0) is 22.9. The second-order valence-electron chi connectivity index (χ2n) is 9.05. The highest BCUT2D eigenvalue weighted by Gasteiger charge is 2.23. The Morgan fingerprint density at radius 1 is 1.24 bits per heavy atom. The van der Waals surface area contributed by atoms with Crippen molar-refractivity contribution in [2.75, 3.05) is 18.4 Å². The fourth-order valence-corrected chi connectivity index (χ4v) is 6.82. The van der Waals surface area contributed by atoms with Crippen molar-refractivity contribution in [1.29, 1.82) is 0 Å². The highest BCUT2D eigenvalue weighted by Crippen LogP contribution is 2.33. The maximum absolute atomic E-state index is 12.7. The van der Waals surface area contributed by atoms with Crippen LogP contribution in [0.4, 0.5) is 5.13 Å². The van der Waals surface area contributed by atoms with E-state index in [1.165, 1.54) is 28.2 Å². The monoisotopic (exact) mass is 487 g/mol. The van der Waals surface area contributed by atoms with Crippen LogP contribution in [0, 0.1) is 0 Å². The molecule has 2 N–H and O–H groups in total. The molecule has 33 heavy (non-hydrogen) atoms. The number of thiophene rings is 1. The molecule has 0 radical (unpaired) electrons. The quantitative estimate of drug-likeness (QED) is 0.552. The van der Waals surface area contributed by atoms with Crippen molar-refractivity contribution in [3.05, 3.63) is 37.7 Å². The van der Waals surface area contributed by atoms with Gasteiger partial charge in [0.05, 0.1) is 23.3 Å². The van der Waals surface area contributed by atoms with Crippen molar-refractivity contribution in [3.63, 3.8) is 0 Å². The molecule has 1 saturated heterocycles. The molecule has 2 aliphatic rings. The van der Waals surface area contributed by atoms with E-state index in [-0.39, 0.29) is 30.1 Å². The molecule has 2 unspecified atom stereocenters. The molecule has 3 aromatic heterocycles. The predicted octanol–water partition coefficient (Wildman–Crippen LogP) is 3.50. The number of hydrogen-bond donors (Lipinski definition) is 2. The second kappa shape index (κ2) is 9.61. The molecule has 4 heterocycles. The number of nitrogens with zero attached hydrogens (tertiary/aromatic N) is 3. The van der Waals surface area contributed by atoms with E-state index in [0.29, 0.717) is 17.4 Å². The summed E-state index contributed by atoms with van der Waals surface area (Å²) >= 11 is 3.07. The molecular weight excluding hydrogens is 458 g/mol. The normalized spacial score (nSPS) is 21.3. The first-order valence-electron chi connectivity index (χ1n) is 11.6. The van der Waals surface area contributed by atoms with Crippen LogP contribution in [0.25, 0.3) is 10.2 Å². The van der Waals surface area contributed by atoms with E-state index in [1.54, 1.807) is 11.3 Å². The number of anilines is 1. The SMILES string of the molecule is CC1CN(Cc2csc(NC(=O)CCc3nc4sc5c(c4c(=O)[nH]3)CCCC5)n2)CC(C)O1. The van der Waals surface area contributed by atoms with E-state index >= 15 is 0 Å². The minimum atomic E-state index is -0.127. The van der Waals surface area contributed by atoms with Gasteiger partial charge in [0.1, 0.15) is 10.7 Å². The third kappa shape index (κ3) is 5.18. The standard InChI is InChI=1S/C23H29N5O3S2/c1-13-9-28(10-14(2)31-13)11-15-12-32-23(24-15)27-19(29)8-7-18-25-21(30)20-16-5-3-4-6-17(16)33-22(20)26-18/h12-14H,3-11H2,1-2H3,(H,24,27,29)(H,25,26,30). The Bertz CT molecular complexity index is 1210. The number of rotatable bonds is 6. The van der Waals surface area contributed by atoms with Crippen LogP contribution in [0.5, 0.6) is 0 Å². The number of hydrogen-bond acceptors (Lipinski definition) is 8. The second-order valence-corrected chi connectivity index (χ2v) is 11.0. The highest BCUT2D eigenvalue weighted by molar-refractivity contribution is 7.18. The first-order chi connectivity index (χ1) is 15.9. The van der Waals surface area contributed by atoms with Crippen molar-refractivity contribution in [2.45, 2.75) is 71.1 Å². The fourth-order valence-electron chi connectivity index (χ4n) is 4.82. The molecule has 176 valence electrons. The van der Waals surface area contributed by atoms with Gasteiger partial charge in [-0.1, -0.05) is 0 Å². The lowest BCUT2D eigenvalue weighted by Gasteiger charge is -2.34. The van der Waals surface area contributed by atoms with Crippen molar-refractivity contribution in [3.8, 4) is 0 Å². The number of aromatic amines is 1. The number of carbonyl (C=O) groups excluding carboxylic acids is 1. The minimum absolute atomic E-state index is 0.0777. The van der Waals surface area contributed by atoms with E-state index in [9.17, 15) is 9.59 Å². The molecule has 0 aromatic carbocycles. The van der Waals surface area contributed by atoms with Gasteiger partial charge in [-0.05, 0) is 45.1 Å². The Morgan fingerprint density at radius 3 is 2.85 bits per heavy atom. The Hall–Kier alpha value is -2.14. The topological polar surface area (TPSA) is 100 Å². The molecular formula is C23H29N5O3S2. The van der Waals surface area contributed by atoms with Crippen LogP contribution in [-0.2, 0) is 35.3 Å². The molecule has 3 aromatic rings. The van der Waals surface area contributed by atoms with Crippen LogP contribution < -0.4 is 10.9 Å². The van der Waals surface area contributed by atoms with Gasteiger partial charge < -0.3 is 15.0 Å². The Kier molecular flexibility index (Phi) is 6.60. The number of fused-ring (bicyclic) bond motifs is 3. The van der Waals surface area contributed by atoms with Crippen molar-refractivity contribution in [1.82, 2.24) is 19.9 Å². The number of carbonyl (C=O) groups is 1. The minimum Gasteiger partial charge on any atom is -0.373 e. The van der Waals surface area contributed by atoms with Crippen LogP contribution >= 0.6 is 22.7 Å². The smallest absolute Gasteiger partial charge is 0.259 e. The van der Waals surface area contributed by atoms with Gasteiger partial charge in [-0.15, -0.1) is 22.7 Å².